The third-order valence-corrected chi connectivity index (χ3v) is 3.11. The molecule has 0 amide bonds. The maximum absolute atomic E-state index is 13.5. The summed E-state index contributed by atoms with van der Waals surface area (Å²) in [6, 6.07) is 5.33. The molecule has 21 heavy (non-hydrogen) atoms. The van der Waals surface area contributed by atoms with E-state index >= 15 is 0 Å². The molecule has 0 bridgehead atoms. The van der Waals surface area contributed by atoms with Crippen molar-refractivity contribution in [2.75, 3.05) is 0 Å². The van der Waals surface area contributed by atoms with Gasteiger partial charge in [-0.05, 0) is 25.5 Å². The van der Waals surface area contributed by atoms with E-state index in [1.807, 2.05) is 6.92 Å². The Balaban J connectivity index is 2.10. The van der Waals surface area contributed by atoms with Crippen molar-refractivity contribution < 1.29 is 9.13 Å². The quantitative estimate of drug-likeness (QED) is 0.915. The molecule has 0 fully saturated rings. The van der Waals surface area contributed by atoms with Crippen LogP contribution in [-0.2, 0) is 6.54 Å². The fraction of sp³-hybridized carbons (Fsp3) is 0.375. The van der Waals surface area contributed by atoms with Crippen molar-refractivity contribution >= 4 is 0 Å². The highest BCUT2D eigenvalue weighted by Gasteiger charge is 2.07. The van der Waals surface area contributed by atoms with Gasteiger partial charge in [-0.2, -0.15) is 4.98 Å². The molecule has 0 unspecified atom stereocenters. The number of benzene rings is 1. The molecule has 0 radical (unpaired) electrons. The van der Waals surface area contributed by atoms with Crippen LogP contribution in [-0.4, -0.2) is 16.0 Å². The molecule has 2 rings (SSSR count). The van der Waals surface area contributed by atoms with Crippen LogP contribution in [0, 0.1) is 19.7 Å². The average molecular weight is 289 g/mol. The van der Waals surface area contributed by atoms with Crippen molar-refractivity contribution in [3.8, 4) is 11.8 Å². The number of halogens is 1. The van der Waals surface area contributed by atoms with Gasteiger partial charge in [-0.25, -0.2) is 9.37 Å². The largest absolute Gasteiger partial charge is 0.424 e. The molecule has 4 nitrogen and oxygen atoms in total. The van der Waals surface area contributed by atoms with Gasteiger partial charge in [-0.3, -0.25) is 0 Å². The molecule has 0 aliphatic heterocycles. The SMILES string of the molecule is Cc1ccc(Oc2ncc(CNC(C)C)c(C)n2)cc1F. The van der Waals surface area contributed by atoms with Crippen molar-refractivity contribution in [3.05, 3.63) is 47.0 Å². The Morgan fingerprint density at radius 2 is 2.05 bits per heavy atom. The van der Waals surface area contributed by atoms with Gasteiger partial charge >= 0.3 is 6.01 Å². The summed E-state index contributed by atoms with van der Waals surface area (Å²) in [5.41, 5.74) is 2.45. The lowest BCUT2D eigenvalue weighted by atomic mass is 10.2. The lowest BCUT2D eigenvalue weighted by molar-refractivity contribution is 0.434. The maximum Gasteiger partial charge on any atom is 0.322 e. The number of aromatic nitrogens is 2. The lowest BCUT2D eigenvalue weighted by Gasteiger charge is -2.11. The van der Waals surface area contributed by atoms with Crippen LogP contribution >= 0.6 is 0 Å². The number of hydrogen-bond acceptors (Lipinski definition) is 4. The van der Waals surface area contributed by atoms with E-state index in [1.165, 1.54) is 6.07 Å². The molecule has 0 aliphatic carbocycles. The first-order chi connectivity index (χ1) is 9.95. The van der Waals surface area contributed by atoms with Crippen LogP contribution in [0.2, 0.25) is 0 Å². The molecule has 1 aromatic carbocycles. The Hall–Kier alpha value is -2.01. The Labute approximate surface area is 124 Å². The molecule has 1 heterocycles. The predicted molar refractivity (Wildman–Crippen MR) is 80.0 cm³/mol. The second-order valence-corrected chi connectivity index (χ2v) is 5.31. The van der Waals surface area contributed by atoms with Crippen LogP contribution in [0.3, 0.4) is 0 Å². The number of hydrogen-bond donors (Lipinski definition) is 1. The second kappa shape index (κ2) is 6.63. The van der Waals surface area contributed by atoms with Crippen LogP contribution in [0.15, 0.2) is 24.4 Å². The molecule has 5 heteroatoms. The van der Waals surface area contributed by atoms with Crippen molar-refractivity contribution in [2.24, 2.45) is 0 Å². The van der Waals surface area contributed by atoms with Crippen molar-refractivity contribution in [3.63, 3.8) is 0 Å². The van der Waals surface area contributed by atoms with Gasteiger partial charge in [0.1, 0.15) is 11.6 Å². The van der Waals surface area contributed by atoms with Gasteiger partial charge in [0.15, 0.2) is 0 Å². The highest BCUT2D eigenvalue weighted by atomic mass is 19.1. The van der Waals surface area contributed by atoms with E-state index in [2.05, 4.69) is 29.1 Å². The van der Waals surface area contributed by atoms with E-state index in [4.69, 9.17) is 4.74 Å². The summed E-state index contributed by atoms with van der Waals surface area (Å²) in [7, 11) is 0. The molecule has 2 aromatic rings. The summed E-state index contributed by atoms with van der Waals surface area (Å²) < 4.78 is 19.0. The predicted octanol–water partition coefficient (Wildman–Crippen LogP) is 3.52. The van der Waals surface area contributed by atoms with Crippen molar-refractivity contribution in [2.45, 2.75) is 40.3 Å². The van der Waals surface area contributed by atoms with E-state index in [0.29, 0.717) is 23.9 Å². The summed E-state index contributed by atoms with van der Waals surface area (Å²) in [5, 5.41) is 3.32. The third kappa shape index (κ3) is 4.23. The molecule has 0 saturated heterocycles. The van der Waals surface area contributed by atoms with E-state index in [0.717, 1.165) is 11.3 Å². The number of nitrogens with one attached hydrogen (secondary N) is 1. The molecular weight excluding hydrogens is 269 g/mol. The standard InChI is InChI=1S/C16H20FN3O/c1-10(2)18-8-13-9-19-16(20-12(13)4)21-14-6-5-11(3)15(17)7-14/h5-7,9-10,18H,8H2,1-4H3. The molecular formula is C16H20FN3O. The monoisotopic (exact) mass is 289 g/mol. The first-order valence-electron chi connectivity index (χ1n) is 6.95. The van der Waals surface area contributed by atoms with Gasteiger partial charge in [0.25, 0.3) is 0 Å². The van der Waals surface area contributed by atoms with Crippen LogP contribution in [0.4, 0.5) is 4.39 Å². The summed E-state index contributed by atoms with van der Waals surface area (Å²) in [4.78, 5) is 8.47. The van der Waals surface area contributed by atoms with Crippen molar-refractivity contribution in [1.82, 2.24) is 15.3 Å². The van der Waals surface area contributed by atoms with Gasteiger partial charge in [0, 0.05) is 36.1 Å². The zero-order chi connectivity index (χ0) is 15.4. The maximum atomic E-state index is 13.5. The van der Waals surface area contributed by atoms with Gasteiger partial charge in [-0.15, -0.1) is 0 Å². The fourth-order valence-electron chi connectivity index (χ4n) is 1.75. The van der Waals surface area contributed by atoms with E-state index in [-0.39, 0.29) is 11.8 Å². The fourth-order valence-corrected chi connectivity index (χ4v) is 1.75. The van der Waals surface area contributed by atoms with Crippen LogP contribution < -0.4 is 10.1 Å². The zero-order valence-electron chi connectivity index (χ0n) is 12.8. The molecule has 1 aromatic heterocycles. The van der Waals surface area contributed by atoms with E-state index < -0.39 is 0 Å². The minimum Gasteiger partial charge on any atom is -0.424 e. The molecule has 0 atom stereocenters. The Kier molecular flexibility index (Phi) is 4.85. The molecule has 0 spiro atoms. The number of ether oxygens (including phenoxy) is 1. The van der Waals surface area contributed by atoms with Gasteiger partial charge in [-0.1, -0.05) is 19.9 Å². The summed E-state index contributed by atoms with van der Waals surface area (Å²) >= 11 is 0. The Morgan fingerprint density at radius 3 is 2.67 bits per heavy atom. The number of aryl methyl sites for hydroxylation is 2. The Bertz CT molecular complexity index is 629. The topological polar surface area (TPSA) is 47.0 Å². The van der Waals surface area contributed by atoms with E-state index in [1.54, 1.807) is 25.3 Å². The lowest BCUT2D eigenvalue weighted by Crippen LogP contribution is -2.22. The smallest absolute Gasteiger partial charge is 0.322 e. The molecule has 1 N–H and O–H groups in total. The Morgan fingerprint density at radius 1 is 1.29 bits per heavy atom. The summed E-state index contributed by atoms with van der Waals surface area (Å²) in [5.74, 6) is 0.0903. The average Bonchev–Trinajstić information content (AvgIpc) is 2.42. The zero-order valence-corrected chi connectivity index (χ0v) is 12.8. The molecule has 0 aliphatic rings. The van der Waals surface area contributed by atoms with Gasteiger partial charge < -0.3 is 10.1 Å². The first-order valence-corrected chi connectivity index (χ1v) is 6.95. The highest BCUT2D eigenvalue weighted by molar-refractivity contribution is 5.30. The minimum absolute atomic E-state index is 0.226. The molecule has 0 saturated carbocycles. The van der Waals surface area contributed by atoms with E-state index in [9.17, 15) is 4.39 Å². The van der Waals surface area contributed by atoms with Crippen LogP contribution in [0.25, 0.3) is 0 Å². The minimum atomic E-state index is -0.304. The highest BCUT2D eigenvalue weighted by Crippen LogP contribution is 2.21. The third-order valence-electron chi connectivity index (χ3n) is 3.11. The van der Waals surface area contributed by atoms with Gasteiger partial charge in [0.05, 0.1) is 0 Å². The van der Waals surface area contributed by atoms with Gasteiger partial charge in [0.2, 0.25) is 0 Å². The first kappa shape index (κ1) is 15.4. The molecule has 112 valence electrons. The van der Waals surface area contributed by atoms with Crippen molar-refractivity contribution in [1.29, 1.82) is 0 Å². The second-order valence-electron chi connectivity index (χ2n) is 5.31. The summed E-state index contributed by atoms with van der Waals surface area (Å²) in [6.45, 7) is 8.49. The van der Waals surface area contributed by atoms with Crippen LogP contribution in [0.5, 0.6) is 11.8 Å². The number of rotatable bonds is 5. The van der Waals surface area contributed by atoms with Crippen LogP contribution in [0.1, 0.15) is 30.7 Å². The normalized spacial score (nSPS) is 11.0. The number of nitrogens with zero attached hydrogens (tertiary/aromatic N) is 2. The summed E-state index contributed by atoms with van der Waals surface area (Å²) in [6.07, 6.45) is 1.73.